The Bertz CT molecular complexity index is 304. The first-order chi connectivity index (χ1) is 6.75. The third kappa shape index (κ3) is 5.24. The van der Waals surface area contributed by atoms with E-state index < -0.39 is 10.4 Å². The van der Waals surface area contributed by atoms with Crippen molar-refractivity contribution in [2.75, 3.05) is 27.2 Å². The molecule has 6 nitrogen and oxygen atoms in total. The van der Waals surface area contributed by atoms with E-state index in [1.807, 2.05) is 6.20 Å². The normalized spacial score (nSPS) is 30.5. The summed E-state index contributed by atoms with van der Waals surface area (Å²) in [6.07, 6.45) is 2.55. The summed E-state index contributed by atoms with van der Waals surface area (Å²) < 4.78 is 32.0. The lowest BCUT2D eigenvalue weighted by atomic mass is 10.4. The molecule has 90 valence electrons. The summed E-state index contributed by atoms with van der Waals surface area (Å²) in [7, 11) is -1.41. The SMILES string of the molecule is C=C[N+]1(C)CCNC1C.COS(=O)(=O)[O-]. The van der Waals surface area contributed by atoms with Crippen molar-refractivity contribution in [3.63, 3.8) is 0 Å². The molecule has 0 aromatic carbocycles. The zero-order valence-corrected chi connectivity index (χ0v) is 10.1. The van der Waals surface area contributed by atoms with Crippen molar-refractivity contribution in [2.45, 2.75) is 13.1 Å². The summed E-state index contributed by atoms with van der Waals surface area (Å²) in [5, 5.41) is 3.36. The summed E-state index contributed by atoms with van der Waals surface area (Å²) in [5.74, 6) is 0. The summed E-state index contributed by atoms with van der Waals surface area (Å²) in [6, 6.07) is 0. The Morgan fingerprint density at radius 3 is 2.27 bits per heavy atom. The quantitative estimate of drug-likeness (QED) is 0.403. The molecule has 7 heteroatoms. The fraction of sp³-hybridized carbons (Fsp3) is 0.750. The van der Waals surface area contributed by atoms with Gasteiger partial charge in [-0.2, -0.15) is 0 Å². The Morgan fingerprint density at radius 1 is 1.67 bits per heavy atom. The van der Waals surface area contributed by atoms with Crippen LogP contribution >= 0.6 is 0 Å². The smallest absolute Gasteiger partial charge is 0.217 e. The number of quaternary nitrogens is 1. The number of nitrogens with zero attached hydrogens (tertiary/aromatic N) is 1. The van der Waals surface area contributed by atoms with Gasteiger partial charge < -0.3 is 4.55 Å². The predicted molar refractivity (Wildman–Crippen MR) is 55.4 cm³/mol. The maximum atomic E-state index is 9.22. The van der Waals surface area contributed by atoms with Crippen molar-refractivity contribution in [3.8, 4) is 0 Å². The number of hydrogen-bond donors (Lipinski definition) is 1. The Labute approximate surface area is 91.1 Å². The van der Waals surface area contributed by atoms with E-state index in [0.29, 0.717) is 6.17 Å². The monoisotopic (exact) mass is 238 g/mol. The highest BCUT2D eigenvalue weighted by Gasteiger charge is 2.31. The van der Waals surface area contributed by atoms with Gasteiger partial charge in [-0.15, -0.1) is 0 Å². The molecule has 0 aromatic heterocycles. The van der Waals surface area contributed by atoms with Crippen molar-refractivity contribution in [1.29, 1.82) is 0 Å². The van der Waals surface area contributed by atoms with Gasteiger partial charge in [0, 0.05) is 6.92 Å². The van der Waals surface area contributed by atoms with Crippen LogP contribution in [-0.2, 0) is 14.6 Å². The fourth-order valence-corrected chi connectivity index (χ4v) is 1.17. The molecule has 1 aliphatic rings. The second kappa shape index (κ2) is 5.57. The lowest BCUT2D eigenvalue weighted by Gasteiger charge is -2.28. The highest BCUT2D eigenvalue weighted by atomic mass is 32.3. The van der Waals surface area contributed by atoms with Crippen LogP contribution in [0.4, 0.5) is 0 Å². The molecule has 0 aliphatic carbocycles. The molecular weight excluding hydrogens is 220 g/mol. The minimum Gasteiger partial charge on any atom is -0.726 e. The first-order valence-electron chi connectivity index (χ1n) is 4.48. The summed E-state index contributed by atoms with van der Waals surface area (Å²) in [6.45, 7) is 8.27. The lowest BCUT2D eigenvalue weighted by molar-refractivity contribution is -0.870. The molecule has 15 heavy (non-hydrogen) atoms. The fourth-order valence-electron chi connectivity index (χ4n) is 1.17. The van der Waals surface area contributed by atoms with Crippen LogP contribution in [-0.4, -0.2) is 50.9 Å². The molecule has 1 rings (SSSR count). The van der Waals surface area contributed by atoms with Gasteiger partial charge in [0.1, 0.15) is 6.17 Å². The number of rotatable bonds is 2. The molecular formula is C8H18N2O4S. The second-order valence-corrected chi connectivity index (χ2v) is 4.61. The number of likely N-dealkylation sites (N-methyl/N-ethyl adjacent to an activating group) is 1. The van der Waals surface area contributed by atoms with Crippen LogP contribution < -0.4 is 5.32 Å². The van der Waals surface area contributed by atoms with Crippen molar-refractivity contribution >= 4 is 10.4 Å². The average molecular weight is 238 g/mol. The summed E-state index contributed by atoms with van der Waals surface area (Å²) in [5.41, 5.74) is 0. The van der Waals surface area contributed by atoms with E-state index in [-0.39, 0.29) is 0 Å². The van der Waals surface area contributed by atoms with E-state index in [0.717, 1.165) is 18.1 Å². The molecule has 2 unspecified atom stereocenters. The van der Waals surface area contributed by atoms with Gasteiger partial charge in [0.25, 0.3) is 0 Å². The average Bonchev–Trinajstić information content (AvgIpc) is 2.48. The maximum Gasteiger partial charge on any atom is 0.217 e. The zero-order valence-electron chi connectivity index (χ0n) is 9.26. The van der Waals surface area contributed by atoms with Crippen molar-refractivity contribution in [1.82, 2.24) is 5.32 Å². The molecule has 1 saturated heterocycles. The molecule has 0 bridgehead atoms. The zero-order chi connectivity index (χ0) is 12.1. The van der Waals surface area contributed by atoms with Crippen molar-refractivity contribution in [3.05, 3.63) is 12.8 Å². The molecule has 1 aliphatic heterocycles. The number of nitrogens with one attached hydrogen (secondary N) is 1. The largest absolute Gasteiger partial charge is 0.726 e. The van der Waals surface area contributed by atoms with Crippen LogP contribution in [0.15, 0.2) is 12.8 Å². The lowest BCUT2D eigenvalue weighted by Crippen LogP contribution is -2.44. The van der Waals surface area contributed by atoms with Crippen LogP contribution in [0.2, 0.25) is 0 Å². The molecule has 1 N–H and O–H groups in total. The molecule has 0 spiro atoms. The van der Waals surface area contributed by atoms with Gasteiger partial charge in [-0.3, -0.25) is 14.0 Å². The Hall–Kier alpha value is -0.470. The Kier molecular flexibility index (Phi) is 5.39. The second-order valence-electron chi connectivity index (χ2n) is 3.46. The molecule has 2 atom stereocenters. The van der Waals surface area contributed by atoms with Crippen LogP contribution in [0.5, 0.6) is 0 Å². The summed E-state index contributed by atoms with van der Waals surface area (Å²) in [4.78, 5) is 0. The minimum absolute atomic E-state index is 0.544. The first-order valence-corrected chi connectivity index (χ1v) is 5.82. The molecule has 1 heterocycles. The van der Waals surface area contributed by atoms with E-state index in [4.69, 9.17) is 0 Å². The molecule has 0 saturated carbocycles. The van der Waals surface area contributed by atoms with Gasteiger partial charge >= 0.3 is 0 Å². The first kappa shape index (κ1) is 14.5. The molecule has 0 amide bonds. The third-order valence-electron chi connectivity index (χ3n) is 2.54. The Balaban J connectivity index is 0.000000288. The van der Waals surface area contributed by atoms with Gasteiger partial charge in [0.15, 0.2) is 0 Å². The summed E-state index contributed by atoms with van der Waals surface area (Å²) >= 11 is 0. The van der Waals surface area contributed by atoms with Gasteiger partial charge in [-0.05, 0) is 6.58 Å². The van der Waals surface area contributed by atoms with Crippen molar-refractivity contribution < 1.29 is 21.6 Å². The minimum atomic E-state index is -4.41. The van der Waals surface area contributed by atoms with Crippen molar-refractivity contribution in [2.24, 2.45) is 0 Å². The van der Waals surface area contributed by atoms with E-state index in [9.17, 15) is 13.0 Å². The Morgan fingerprint density at radius 2 is 2.13 bits per heavy atom. The van der Waals surface area contributed by atoms with Crippen LogP contribution in [0, 0.1) is 0 Å². The van der Waals surface area contributed by atoms with Gasteiger partial charge in [-0.25, -0.2) is 8.42 Å². The molecule has 0 radical (unpaired) electrons. The van der Waals surface area contributed by atoms with E-state index in [1.165, 1.54) is 6.54 Å². The predicted octanol–water partition coefficient (Wildman–Crippen LogP) is -0.381. The standard InChI is InChI=1S/C7H15N2.CH4O4S/c1-4-9(3)6-5-8-7(9)2;1-5-6(2,3)4/h4,7-8H,1,5-6H2,2-3H3;1H3,(H,2,3,4)/q+1;/p-1. The van der Waals surface area contributed by atoms with E-state index in [2.05, 4.69) is 30.1 Å². The van der Waals surface area contributed by atoms with Crippen LogP contribution in [0.3, 0.4) is 0 Å². The highest BCUT2D eigenvalue weighted by Crippen LogP contribution is 2.12. The molecule has 0 aromatic rings. The highest BCUT2D eigenvalue weighted by molar-refractivity contribution is 7.80. The molecule has 1 fully saturated rings. The van der Waals surface area contributed by atoms with Crippen LogP contribution in [0.25, 0.3) is 0 Å². The van der Waals surface area contributed by atoms with E-state index >= 15 is 0 Å². The van der Waals surface area contributed by atoms with Gasteiger partial charge in [0.2, 0.25) is 10.4 Å². The van der Waals surface area contributed by atoms with E-state index in [1.54, 1.807) is 0 Å². The third-order valence-corrected chi connectivity index (χ3v) is 2.95. The number of hydrogen-bond acceptors (Lipinski definition) is 5. The maximum absolute atomic E-state index is 9.22. The topological polar surface area (TPSA) is 78.5 Å². The van der Waals surface area contributed by atoms with Gasteiger partial charge in [-0.1, -0.05) is 0 Å². The van der Waals surface area contributed by atoms with Crippen LogP contribution in [0.1, 0.15) is 6.92 Å². The van der Waals surface area contributed by atoms with Gasteiger partial charge in [0.05, 0.1) is 33.4 Å².